The van der Waals surface area contributed by atoms with Gasteiger partial charge in [0.1, 0.15) is 6.04 Å². The Kier molecular flexibility index (Phi) is 8.12. The van der Waals surface area contributed by atoms with Crippen molar-refractivity contribution in [2.75, 3.05) is 45.9 Å². The number of nitrogens with one attached hydrogen (secondary N) is 1. The lowest BCUT2D eigenvalue weighted by Crippen LogP contribution is -2.52. The van der Waals surface area contributed by atoms with E-state index in [0.717, 1.165) is 0 Å². The predicted octanol–water partition coefficient (Wildman–Crippen LogP) is 2.25. The van der Waals surface area contributed by atoms with Crippen LogP contribution in [0.4, 0.5) is 13.2 Å². The van der Waals surface area contributed by atoms with Crippen LogP contribution in [0, 0.1) is 5.92 Å². The minimum absolute atomic E-state index is 0.0579. The molecule has 1 unspecified atom stereocenters. The second-order valence-corrected chi connectivity index (χ2v) is 10.3. The third kappa shape index (κ3) is 6.97. The Morgan fingerprint density at radius 1 is 1.06 bits per heavy atom. The Labute approximate surface area is 192 Å². The van der Waals surface area contributed by atoms with Gasteiger partial charge >= 0.3 is 6.18 Å². The van der Waals surface area contributed by atoms with Crippen LogP contribution < -0.4 is 14.2 Å². The largest absolute Gasteiger partial charge is 0.490 e. The molecule has 0 saturated carbocycles. The van der Waals surface area contributed by atoms with E-state index in [1.807, 2.05) is 0 Å². The van der Waals surface area contributed by atoms with Crippen LogP contribution in [0.5, 0.6) is 11.5 Å². The Bertz CT molecular complexity index is 940. The first kappa shape index (κ1) is 25.6. The fourth-order valence-electron chi connectivity index (χ4n) is 3.82. The Morgan fingerprint density at radius 3 is 2.42 bits per heavy atom. The van der Waals surface area contributed by atoms with Gasteiger partial charge in [-0.3, -0.25) is 9.69 Å². The number of halogens is 3. The summed E-state index contributed by atoms with van der Waals surface area (Å²) in [7, 11) is -4.07. The van der Waals surface area contributed by atoms with Crippen LogP contribution in [0.15, 0.2) is 23.1 Å². The molecule has 33 heavy (non-hydrogen) atoms. The predicted molar refractivity (Wildman–Crippen MR) is 115 cm³/mol. The molecule has 1 N–H and O–H groups in total. The highest BCUT2D eigenvalue weighted by Gasteiger charge is 2.35. The highest BCUT2D eigenvalue weighted by molar-refractivity contribution is 7.89. The van der Waals surface area contributed by atoms with Crippen molar-refractivity contribution < 1.29 is 35.9 Å². The lowest BCUT2D eigenvalue weighted by Gasteiger charge is -2.29. The number of fused-ring (bicyclic) bond motifs is 1. The second kappa shape index (κ2) is 10.5. The fourth-order valence-corrected chi connectivity index (χ4v) is 5.17. The topological polar surface area (TPSA) is 88.2 Å². The summed E-state index contributed by atoms with van der Waals surface area (Å²) in [6.45, 7) is 3.93. The first-order valence-electron chi connectivity index (χ1n) is 11.0. The van der Waals surface area contributed by atoms with Gasteiger partial charge in [-0.25, -0.2) is 8.42 Å². The van der Waals surface area contributed by atoms with Crippen molar-refractivity contribution in [2.24, 2.45) is 5.92 Å². The summed E-state index contributed by atoms with van der Waals surface area (Å²) in [6, 6.07) is 3.22. The summed E-state index contributed by atoms with van der Waals surface area (Å²) in [4.78, 5) is 15.8. The molecule has 1 fully saturated rings. The SMILES string of the molecule is CC(C)C(NS(=O)(=O)c1ccc2c(c1)OCCCO2)C(=O)N1CCCN(CC(F)(F)F)CC1. The van der Waals surface area contributed by atoms with Gasteiger partial charge in [0.25, 0.3) is 0 Å². The highest BCUT2D eigenvalue weighted by Crippen LogP contribution is 2.32. The number of ether oxygens (including phenoxy) is 2. The number of amides is 1. The number of hydrogen-bond acceptors (Lipinski definition) is 6. The Balaban J connectivity index is 1.72. The lowest BCUT2D eigenvalue weighted by atomic mass is 10.0. The number of sulfonamides is 1. The van der Waals surface area contributed by atoms with Crippen LogP contribution in [0.1, 0.15) is 26.7 Å². The average molecular weight is 494 g/mol. The summed E-state index contributed by atoms with van der Waals surface area (Å²) < 4.78 is 77.9. The van der Waals surface area contributed by atoms with Crippen molar-refractivity contribution in [3.8, 4) is 11.5 Å². The first-order valence-corrected chi connectivity index (χ1v) is 12.4. The molecule has 12 heteroatoms. The lowest BCUT2D eigenvalue weighted by molar-refractivity contribution is -0.145. The summed E-state index contributed by atoms with van der Waals surface area (Å²) in [5.41, 5.74) is 0. The van der Waals surface area contributed by atoms with Crippen LogP contribution >= 0.6 is 0 Å². The maximum Gasteiger partial charge on any atom is 0.401 e. The molecule has 1 aromatic rings. The molecular weight excluding hydrogens is 463 g/mol. The third-order valence-corrected chi connectivity index (χ3v) is 6.99. The van der Waals surface area contributed by atoms with Gasteiger partial charge in [0.15, 0.2) is 11.5 Å². The van der Waals surface area contributed by atoms with E-state index in [-0.39, 0.29) is 37.0 Å². The number of carbonyl (C=O) groups excluding carboxylic acids is 1. The third-order valence-electron chi connectivity index (χ3n) is 5.55. The maximum atomic E-state index is 13.2. The van der Waals surface area contributed by atoms with Crippen LogP contribution in [0.2, 0.25) is 0 Å². The zero-order chi connectivity index (χ0) is 24.2. The van der Waals surface area contributed by atoms with E-state index in [4.69, 9.17) is 9.47 Å². The molecule has 1 atom stereocenters. The molecule has 8 nitrogen and oxygen atoms in total. The second-order valence-electron chi connectivity index (χ2n) is 8.57. The van der Waals surface area contributed by atoms with Crippen molar-refractivity contribution in [3.63, 3.8) is 0 Å². The van der Waals surface area contributed by atoms with Crippen molar-refractivity contribution in [3.05, 3.63) is 18.2 Å². The fraction of sp³-hybridized carbons (Fsp3) is 0.667. The monoisotopic (exact) mass is 493 g/mol. The zero-order valence-electron chi connectivity index (χ0n) is 18.7. The summed E-state index contributed by atoms with van der Waals surface area (Å²) in [5.74, 6) is -0.0463. The van der Waals surface area contributed by atoms with Crippen molar-refractivity contribution in [1.82, 2.24) is 14.5 Å². The number of carbonyl (C=O) groups is 1. The van der Waals surface area contributed by atoms with Gasteiger partial charge in [-0.15, -0.1) is 0 Å². The summed E-state index contributed by atoms with van der Waals surface area (Å²) in [5, 5.41) is 0. The molecule has 0 radical (unpaired) electrons. The highest BCUT2D eigenvalue weighted by atomic mass is 32.2. The van der Waals surface area contributed by atoms with Gasteiger partial charge in [0, 0.05) is 38.7 Å². The molecule has 0 aromatic heterocycles. The van der Waals surface area contributed by atoms with Crippen LogP contribution in [0.3, 0.4) is 0 Å². The molecule has 0 spiro atoms. The molecular formula is C21H30F3N3O5S. The number of alkyl halides is 3. The normalized spacial score (nSPS) is 19.2. The van der Waals surface area contributed by atoms with E-state index in [2.05, 4.69) is 4.72 Å². The van der Waals surface area contributed by atoms with Gasteiger partial charge in [-0.2, -0.15) is 17.9 Å². The number of hydrogen-bond donors (Lipinski definition) is 1. The molecule has 186 valence electrons. The van der Waals surface area contributed by atoms with E-state index >= 15 is 0 Å². The standard InChI is InChI=1S/C21H30F3N3O5S/c1-15(2)19(20(28)27-8-3-7-26(9-10-27)14-21(22,23)24)25-33(29,30)16-5-6-17-18(13-16)32-12-4-11-31-17/h5-6,13,15,19,25H,3-4,7-12,14H2,1-2H3. The van der Waals surface area contributed by atoms with E-state index < -0.39 is 34.7 Å². The zero-order valence-corrected chi connectivity index (χ0v) is 19.5. The van der Waals surface area contributed by atoms with E-state index in [0.29, 0.717) is 37.6 Å². The van der Waals surface area contributed by atoms with Crippen LogP contribution in [-0.4, -0.2) is 82.3 Å². The van der Waals surface area contributed by atoms with Crippen molar-refractivity contribution in [2.45, 2.75) is 43.8 Å². The summed E-state index contributed by atoms with van der Waals surface area (Å²) >= 11 is 0. The Hall–Kier alpha value is -2.05. The maximum absolute atomic E-state index is 13.2. The van der Waals surface area contributed by atoms with E-state index in [1.54, 1.807) is 13.8 Å². The average Bonchev–Trinajstić information content (AvgIpc) is 3.10. The first-order chi connectivity index (χ1) is 15.5. The number of benzene rings is 1. The van der Waals surface area contributed by atoms with Crippen molar-refractivity contribution >= 4 is 15.9 Å². The van der Waals surface area contributed by atoms with Crippen LogP contribution in [-0.2, 0) is 14.8 Å². The smallest absolute Gasteiger partial charge is 0.401 e. The molecule has 2 aliphatic rings. The summed E-state index contributed by atoms with van der Waals surface area (Å²) in [6.07, 6.45) is -3.26. The van der Waals surface area contributed by atoms with E-state index in [1.165, 1.54) is 28.0 Å². The quantitative estimate of drug-likeness (QED) is 0.654. The molecule has 1 aromatic carbocycles. The Morgan fingerprint density at radius 2 is 1.76 bits per heavy atom. The number of rotatable bonds is 6. The van der Waals surface area contributed by atoms with Gasteiger partial charge < -0.3 is 14.4 Å². The van der Waals surface area contributed by atoms with Gasteiger partial charge in [-0.05, 0) is 24.5 Å². The molecule has 0 aliphatic carbocycles. The molecule has 3 rings (SSSR count). The van der Waals surface area contributed by atoms with Gasteiger partial charge in [0.2, 0.25) is 15.9 Å². The van der Waals surface area contributed by atoms with E-state index in [9.17, 15) is 26.4 Å². The minimum Gasteiger partial charge on any atom is -0.490 e. The van der Waals surface area contributed by atoms with Gasteiger partial charge in [0.05, 0.1) is 24.7 Å². The van der Waals surface area contributed by atoms with Gasteiger partial charge in [-0.1, -0.05) is 13.8 Å². The number of nitrogens with zero attached hydrogens (tertiary/aromatic N) is 2. The minimum atomic E-state index is -4.31. The molecule has 1 saturated heterocycles. The molecule has 2 heterocycles. The molecule has 1 amide bonds. The molecule has 0 bridgehead atoms. The van der Waals surface area contributed by atoms with Crippen LogP contribution in [0.25, 0.3) is 0 Å². The van der Waals surface area contributed by atoms with Crippen molar-refractivity contribution in [1.29, 1.82) is 0 Å². The molecule has 2 aliphatic heterocycles.